The number of sulfonamides is 1. The lowest BCUT2D eigenvalue weighted by molar-refractivity contribution is -0.150. The summed E-state index contributed by atoms with van der Waals surface area (Å²) in [6.07, 6.45) is -2.93. The van der Waals surface area contributed by atoms with Crippen LogP contribution in [-0.2, 0) is 16.6 Å². The molecule has 0 bridgehead atoms. The van der Waals surface area contributed by atoms with Crippen molar-refractivity contribution in [2.24, 2.45) is 5.92 Å². The number of rotatable bonds is 12. The average molecular weight is 733 g/mol. The fraction of sp³-hybridized carbons (Fsp3) is 0.355. The summed E-state index contributed by atoms with van der Waals surface area (Å²) in [7, 11) is -1.95. The normalized spacial score (nSPS) is 17.2. The van der Waals surface area contributed by atoms with Gasteiger partial charge in [-0.3, -0.25) is 4.90 Å². The largest absolute Gasteiger partial charge is 0.497 e. The molecule has 2 atom stereocenters. The predicted octanol–water partition coefficient (Wildman–Crippen LogP) is 6.93. The summed E-state index contributed by atoms with van der Waals surface area (Å²) in [6, 6.07) is 12.7. The minimum absolute atomic E-state index is 0.0189. The highest BCUT2D eigenvalue weighted by Gasteiger charge is 2.38. The molecule has 1 fully saturated rings. The topological polar surface area (TPSA) is 94.1 Å². The predicted molar refractivity (Wildman–Crippen MR) is 169 cm³/mol. The Morgan fingerprint density at radius 3 is 2.42 bits per heavy atom. The zero-order chi connectivity index (χ0) is 34.6. The first kappa shape index (κ1) is 35.6. The average Bonchev–Trinajstić information content (AvgIpc) is 3.58. The minimum atomic E-state index is -4.78. The van der Waals surface area contributed by atoms with Crippen LogP contribution in [0.1, 0.15) is 23.5 Å². The quantitative estimate of drug-likeness (QED) is 0.145. The lowest BCUT2D eigenvalue weighted by Gasteiger charge is -2.39. The number of nitrogens with zero attached hydrogens (tertiary/aromatic N) is 4. The zero-order valence-corrected chi connectivity index (χ0v) is 28.0. The van der Waals surface area contributed by atoms with Gasteiger partial charge in [-0.05, 0) is 48.7 Å². The second-order valence-electron chi connectivity index (χ2n) is 11.0. The maximum absolute atomic E-state index is 15.6. The Morgan fingerprint density at radius 2 is 1.77 bits per heavy atom. The Hall–Kier alpha value is -3.73. The Bertz CT molecular complexity index is 1820. The molecular weight excluding hydrogens is 703 g/mol. The summed E-state index contributed by atoms with van der Waals surface area (Å²) in [5.74, 6) is -3.14. The molecule has 2 heterocycles. The molecule has 4 aromatic rings. The summed E-state index contributed by atoms with van der Waals surface area (Å²) < 4.78 is 119. The number of halogens is 6. The Morgan fingerprint density at radius 1 is 1.02 bits per heavy atom. The summed E-state index contributed by atoms with van der Waals surface area (Å²) in [6.45, 7) is -1.61. The number of hydrogen-bond donors (Lipinski definition) is 0. The number of aromatic nitrogens is 2. The van der Waals surface area contributed by atoms with Crippen LogP contribution in [0.5, 0.6) is 17.2 Å². The molecule has 0 N–H and O–H groups in total. The van der Waals surface area contributed by atoms with Crippen molar-refractivity contribution in [2.75, 3.05) is 44.8 Å². The first-order chi connectivity index (χ1) is 22.8. The Labute approximate surface area is 283 Å². The standard InChI is InChI=1S/C31H30ClF5N4O5S2/c1-44-23-8-5-20(27(11-23)45-2)15-41(30-38-18-39-47-30)48(42,43)29-13-25(33)28(12-26(29)34)46-16-21-14-40(17-31(35,36)37)10-9-24(21)19-3-6-22(32)7-4-19/h3-8,11-13,18,21,24H,9-10,14-17H2,1-2H3/t21-,24-/m0/s1. The van der Waals surface area contributed by atoms with E-state index in [-0.39, 0.29) is 43.0 Å². The minimum Gasteiger partial charge on any atom is -0.497 e. The van der Waals surface area contributed by atoms with E-state index >= 15 is 8.78 Å². The second kappa shape index (κ2) is 14.8. The van der Waals surface area contributed by atoms with Crippen LogP contribution in [0.25, 0.3) is 0 Å². The highest BCUT2D eigenvalue weighted by atomic mass is 35.5. The third-order valence-electron chi connectivity index (χ3n) is 7.90. The Kier molecular flexibility index (Phi) is 11.0. The zero-order valence-electron chi connectivity index (χ0n) is 25.6. The van der Waals surface area contributed by atoms with Crippen molar-refractivity contribution in [3.8, 4) is 17.2 Å². The first-order valence-corrected chi connectivity index (χ1v) is 17.0. The molecule has 0 unspecified atom stereocenters. The number of benzene rings is 3. The lowest BCUT2D eigenvalue weighted by Crippen LogP contribution is -2.45. The summed E-state index contributed by atoms with van der Waals surface area (Å²) in [4.78, 5) is 4.24. The van der Waals surface area contributed by atoms with Crippen LogP contribution >= 0.6 is 23.1 Å². The van der Waals surface area contributed by atoms with E-state index in [2.05, 4.69) is 9.36 Å². The number of alkyl halides is 3. The van der Waals surface area contributed by atoms with Crippen molar-refractivity contribution in [3.63, 3.8) is 0 Å². The molecule has 1 aliphatic heterocycles. The molecule has 48 heavy (non-hydrogen) atoms. The van der Waals surface area contributed by atoms with Gasteiger partial charge >= 0.3 is 6.18 Å². The molecule has 258 valence electrons. The smallest absolute Gasteiger partial charge is 0.401 e. The maximum Gasteiger partial charge on any atom is 0.401 e. The third kappa shape index (κ3) is 8.28. The molecule has 1 aliphatic rings. The van der Waals surface area contributed by atoms with E-state index in [0.29, 0.717) is 34.9 Å². The molecule has 17 heteroatoms. The van der Waals surface area contributed by atoms with Gasteiger partial charge in [-0.25, -0.2) is 26.5 Å². The number of ether oxygens (including phenoxy) is 3. The molecule has 9 nitrogen and oxygen atoms in total. The molecule has 1 aromatic heterocycles. The van der Waals surface area contributed by atoms with E-state index in [1.807, 2.05) is 0 Å². The van der Waals surface area contributed by atoms with Crippen molar-refractivity contribution in [3.05, 3.63) is 88.7 Å². The highest BCUT2D eigenvalue weighted by Crippen LogP contribution is 2.37. The first-order valence-electron chi connectivity index (χ1n) is 14.5. The van der Waals surface area contributed by atoms with Crippen LogP contribution in [0.15, 0.2) is 65.8 Å². The summed E-state index contributed by atoms with van der Waals surface area (Å²) in [5, 5.41) is 0.378. The van der Waals surface area contributed by atoms with Crippen LogP contribution in [0.2, 0.25) is 5.02 Å². The van der Waals surface area contributed by atoms with Gasteiger partial charge in [0.05, 0.1) is 33.9 Å². The van der Waals surface area contributed by atoms with E-state index in [1.165, 1.54) is 19.1 Å². The molecule has 0 saturated carbocycles. The van der Waals surface area contributed by atoms with Crippen LogP contribution < -0.4 is 18.5 Å². The number of piperidine rings is 1. The van der Waals surface area contributed by atoms with Gasteiger partial charge in [-0.1, -0.05) is 23.7 Å². The second-order valence-corrected chi connectivity index (χ2v) is 14.0. The van der Waals surface area contributed by atoms with E-state index in [0.717, 1.165) is 27.7 Å². The van der Waals surface area contributed by atoms with Gasteiger partial charge < -0.3 is 14.2 Å². The monoisotopic (exact) mass is 732 g/mol. The SMILES string of the molecule is COc1ccc(CN(c2ncns2)S(=O)(=O)c2cc(F)c(OC[C@@H]3CN(CC(F)(F)F)CC[C@H]3c3ccc(Cl)cc3)cc2F)c(OC)c1. The molecule has 3 aromatic carbocycles. The molecule has 0 amide bonds. The summed E-state index contributed by atoms with van der Waals surface area (Å²) >= 11 is 6.75. The van der Waals surface area contributed by atoms with Crippen LogP contribution in [0.4, 0.5) is 27.1 Å². The van der Waals surface area contributed by atoms with Crippen molar-refractivity contribution in [1.29, 1.82) is 0 Å². The molecule has 0 radical (unpaired) electrons. The van der Waals surface area contributed by atoms with E-state index in [9.17, 15) is 21.6 Å². The van der Waals surface area contributed by atoms with Crippen molar-refractivity contribution >= 4 is 38.3 Å². The van der Waals surface area contributed by atoms with Gasteiger partial charge in [0.1, 0.15) is 28.5 Å². The molecule has 5 rings (SSSR count). The third-order valence-corrected chi connectivity index (χ3v) is 10.7. The highest BCUT2D eigenvalue weighted by molar-refractivity contribution is 7.93. The van der Waals surface area contributed by atoms with Crippen molar-refractivity contribution in [2.45, 2.75) is 30.0 Å². The maximum atomic E-state index is 15.6. The van der Waals surface area contributed by atoms with Gasteiger partial charge in [0.15, 0.2) is 11.6 Å². The van der Waals surface area contributed by atoms with Crippen LogP contribution in [-0.4, -0.2) is 69.3 Å². The molecular formula is C31H30ClF5N4O5S2. The van der Waals surface area contributed by atoms with Crippen molar-refractivity contribution in [1.82, 2.24) is 14.3 Å². The van der Waals surface area contributed by atoms with Crippen LogP contribution in [0.3, 0.4) is 0 Å². The lowest BCUT2D eigenvalue weighted by atomic mass is 9.81. The fourth-order valence-corrected chi connectivity index (χ4v) is 7.94. The van der Waals surface area contributed by atoms with Gasteiger partial charge in [-0.2, -0.15) is 17.5 Å². The van der Waals surface area contributed by atoms with E-state index in [1.54, 1.807) is 42.5 Å². The van der Waals surface area contributed by atoms with Crippen molar-refractivity contribution < 1.29 is 44.6 Å². The fourth-order valence-electron chi connectivity index (χ4n) is 5.63. The van der Waals surface area contributed by atoms with Gasteiger partial charge in [0, 0.05) is 52.8 Å². The number of likely N-dealkylation sites (tertiary alicyclic amines) is 1. The van der Waals surface area contributed by atoms with E-state index < -0.39 is 50.9 Å². The van der Waals surface area contributed by atoms with Gasteiger partial charge in [0.25, 0.3) is 10.0 Å². The summed E-state index contributed by atoms with van der Waals surface area (Å²) in [5.41, 5.74) is 1.19. The molecule has 0 aliphatic carbocycles. The number of anilines is 1. The number of methoxy groups -OCH3 is 2. The molecule has 0 spiro atoms. The van der Waals surface area contributed by atoms with Gasteiger partial charge in [-0.15, -0.1) is 0 Å². The molecule has 1 saturated heterocycles. The van der Waals surface area contributed by atoms with Crippen LogP contribution in [0, 0.1) is 17.6 Å². The van der Waals surface area contributed by atoms with Gasteiger partial charge in [0.2, 0.25) is 5.13 Å². The van der Waals surface area contributed by atoms with E-state index in [4.69, 9.17) is 25.8 Å². The Balaban J connectivity index is 1.41. The number of hydrogen-bond acceptors (Lipinski definition) is 9.